The molecule has 6 nitrogen and oxygen atoms in total. The Morgan fingerprint density at radius 3 is 2.76 bits per heavy atom. The molecule has 2 rings (SSSR count). The molecule has 114 valence electrons. The summed E-state index contributed by atoms with van der Waals surface area (Å²) in [5.74, 6) is 0.487. The number of nitrogens with one attached hydrogen (secondary N) is 1. The van der Waals surface area contributed by atoms with Gasteiger partial charge in [-0.25, -0.2) is 18.1 Å². The molecule has 2 aromatic heterocycles. The summed E-state index contributed by atoms with van der Waals surface area (Å²) in [6, 6.07) is 3.45. The van der Waals surface area contributed by atoms with Crippen molar-refractivity contribution in [3.63, 3.8) is 0 Å². The first-order valence-corrected chi connectivity index (χ1v) is 8.60. The van der Waals surface area contributed by atoms with E-state index in [1.807, 2.05) is 0 Å². The predicted octanol–water partition coefficient (Wildman–Crippen LogP) is 1.40. The summed E-state index contributed by atoms with van der Waals surface area (Å²) < 4.78 is 32.3. The predicted molar refractivity (Wildman–Crippen MR) is 81.8 cm³/mol. The SMILES string of the molecule is COc1ccc(CNS(=O)(=O)c2c(C)csc2CN)cn1. The number of sulfonamides is 1. The van der Waals surface area contributed by atoms with Gasteiger partial charge in [-0.15, -0.1) is 11.3 Å². The average molecular weight is 327 g/mol. The van der Waals surface area contributed by atoms with Gasteiger partial charge in [0.05, 0.1) is 7.11 Å². The summed E-state index contributed by atoms with van der Waals surface area (Å²) >= 11 is 1.36. The molecule has 2 aromatic rings. The second-order valence-corrected chi connectivity index (χ2v) is 7.08. The number of nitrogens with zero attached hydrogens (tertiary/aromatic N) is 1. The van der Waals surface area contributed by atoms with Crippen LogP contribution < -0.4 is 15.2 Å². The molecule has 0 aliphatic carbocycles. The molecular formula is C13H17N3O3S2. The van der Waals surface area contributed by atoms with Crippen molar-refractivity contribution >= 4 is 21.4 Å². The quantitative estimate of drug-likeness (QED) is 0.836. The van der Waals surface area contributed by atoms with Crippen molar-refractivity contribution in [1.82, 2.24) is 9.71 Å². The molecule has 0 amide bonds. The first-order chi connectivity index (χ1) is 9.97. The van der Waals surface area contributed by atoms with E-state index in [2.05, 4.69) is 9.71 Å². The van der Waals surface area contributed by atoms with Crippen LogP contribution in [-0.4, -0.2) is 20.5 Å². The molecule has 0 aliphatic rings. The molecule has 3 N–H and O–H groups in total. The molecule has 0 fully saturated rings. The molecule has 0 atom stereocenters. The fourth-order valence-corrected chi connectivity index (χ4v) is 4.59. The fraction of sp³-hybridized carbons (Fsp3) is 0.308. The van der Waals surface area contributed by atoms with Gasteiger partial charge in [-0.3, -0.25) is 0 Å². The molecular weight excluding hydrogens is 310 g/mol. The van der Waals surface area contributed by atoms with E-state index in [4.69, 9.17) is 10.5 Å². The van der Waals surface area contributed by atoms with Gasteiger partial charge in [-0.1, -0.05) is 6.07 Å². The van der Waals surface area contributed by atoms with E-state index < -0.39 is 10.0 Å². The molecule has 21 heavy (non-hydrogen) atoms. The van der Waals surface area contributed by atoms with Crippen molar-refractivity contribution < 1.29 is 13.2 Å². The minimum absolute atomic E-state index is 0.165. The summed E-state index contributed by atoms with van der Waals surface area (Å²) in [6.45, 7) is 2.14. The molecule has 8 heteroatoms. The Morgan fingerprint density at radius 2 is 2.19 bits per heavy atom. The van der Waals surface area contributed by atoms with Crippen molar-refractivity contribution in [1.29, 1.82) is 0 Å². The van der Waals surface area contributed by atoms with Crippen LogP contribution in [-0.2, 0) is 23.1 Å². The summed E-state index contributed by atoms with van der Waals surface area (Å²) in [5, 5.41) is 1.80. The third-order valence-corrected chi connectivity index (χ3v) is 5.80. The minimum atomic E-state index is -3.58. The van der Waals surface area contributed by atoms with E-state index in [1.165, 1.54) is 18.4 Å². The molecule has 0 unspecified atom stereocenters. The molecule has 0 radical (unpaired) electrons. The summed E-state index contributed by atoms with van der Waals surface area (Å²) in [5.41, 5.74) is 7.05. The zero-order valence-electron chi connectivity index (χ0n) is 11.8. The van der Waals surface area contributed by atoms with E-state index in [0.717, 1.165) is 5.56 Å². The van der Waals surface area contributed by atoms with Gasteiger partial charge in [0.1, 0.15) is 4.90 Å². The highest BCUT2D eigenvalue weighted by molar-refractivity contribution is 7.89. The van der Waals surface area contributed by atoms with Crippen LogP contribution in [0.4, 0.5) is 0 Å². The summed E-state index contributed by atoms with van der Waals surface area (Å²) in [7, 11) is -2.06. The van der Waals surface area contributed by atoms with E-state index in [-0.39, 0.29) is 18.0 Å². The van der Waals surface area contributed by atoms with Crippen LogP contribution in [0.3, 0.4) is 0 Å². The van der Waals surface area contributed by atoms with Crippen molar-refractivity contribution in [3.8, 4) is 5.88 Å². The van der Waals surface area contributed by atoms with Gasteiger partial charge in [0.15, 0.2) is 0 Å². The van der Waals surface area contributed by atoms with Crippen molar-refractivity contribution in [2.75, 3.05) is 7.11 Å². The third kappa shape index (κ3) is 3.59. The van der Waals surface area contributed by atoms with Gasteiger partial charge in [0.2, 0.25) is 15.9 Å². The van der Waals surface area contributed by atoms with Crippen molar-refractivity contribution in [2.45, 2.75) is 24.9 Å². The number of nitrogens with two attached hydrogens (primary N) is 1. The number of hydrogen-bond acceptors (Lipinski definition) is 6. The second-order valence-electron chi connectivity index (χ2n) is 4.41. The van der Waals surface area contributed by atoms with Crippen LogP contribution in [0.25, 0.3) is 0 Å². The zero-order chi connectivity index (χ0) is 15.5. The minimum Gasteiger partial charge on any atom is -0.481 e. The maximum atomic E-state index is 12.4. The smallest absolute Gasteiger partial charge is 0.242 e. The fourth-order valence-electron chi connectivity index (χ4n) is 1.88. The van der Waals surface area contributed by atoms with E-state index in [1.54, 1.807) is 30.6 Å². The Labute approximate surface area is 128 Å². The van der Waals surface area contributed by atoms with Gasteiger partial charge in [-0.2, -0.15) is 0 Å². The molecule has 0 saturated carbocycles. The number of aryl methyl sites for hydroxylation is 1. The number of thiophene rings is 1. The Hall–Kier alpha value is -1.48. The standard InChI is InChI=1S/C13H17N3O3S2/c1-9-8-20-11(5-14)13(9)21(17,18)16-7-10-3-4-12(19-2)15-6-10/h3-4,6,8,16H,5,7,14H2,1-2H3. The van der Waals surface area contributed by atoms with Crippen molar-refractivity contribution in [3.05, 3.63) is 39.7 Å². The van der Waals surface area contributed by atoms with Crippen LogP contribution in [0, 0.1) is 6.92 Å². The van der Waals surface area contributed by atoms with E-state index in [0.29, 0.717) is 16.3 Å². The largest absolute Gasteiger partial charge is 0.481 e. The van der Waals surface area contributed by atoms with Crippen molar-refractivity contribution in [2.24, 2.45) is 5.73 Å². The number of pyridine rings is 1. The maximum absolute atomic E-state index is 12.4. The van der Waals surface area contributed by atoms with Crippen LogP contribution >= 0.6 is 11.3 Å². The highest BCUT2D eigenvalue weighted by atomic mass is 32.2. The van der Waals surface area contributed by atoms with E-state index >= 15 is 0 Å². The highest BCUT2D eigenvalue weighted by Gasteiger charge is 2.22. The van der Waals surface area contributed by atoms with Gasteiger partial charge < -0.3 is 10.5 Å². The highest BCUT2D eigenvalue weighted by Crippen LogP contribution is 2.26. The zero-order valence-corrected chi connectivity index (χ0v) is 13.4. The van der Waals surface area contributed by atoms with Crippen LogP contribution in [0.5, 0.6) is 5.88 Å². The lowest BCUT2D eigenvalue weighted by molar-refractivity contribution is 0.397. The number of hydrogen-bond donors (Lipinski definition) is 2. The number of methoxy groups -OCH3 is 1. The molecule has 2 heterocycles. The monoisotopic (exact) mass is 327 g/mol. The lowest BCUT2D eigenvalue weighted by atomic mass is 10.3. The third-order valence-electron chi connectivity index (χ3n) is 2.92. The Morgan fingerprint density at radius 1 is 1.43 bits per heavy atom. The van der Waals surface area contributed by atoms with Gasteiger partial charge in [-0.05, 0) is 23.4 Å². The van der Waals surface area contributed by atoms with Gasteiger partial charge in [0.25, 0.3) is 0 Å². The first kappa shape index (κ1) is 15.9. The lowest BCUT2D eigenvalue weighted by Crippen LogP contribution is -2.24. The Balaban J connectivity index is 2.15. The Bertz CT molecular complexity index is 709. The van der Waals surface area contributed by atoms with Gasteiger partial charge >= 0.3 is 0 Å². The molecule has 0 bridgehead atoms. The number of aromatic nitrogens is 1. The number of rotatable bonds is 6. The maximum Gasteiger partial charge on any atom is 0.242 e. The summed E-state index contributed by atoms with van der Waals surface area (Å²) in [6.07, 6.45) is 1.58. The molecule has 0 aliphatic heterocycles. The van der Waals surface area contributed by atoms with Crippen LogP contribution in [0.1, 0.15) is 16.0 Å². The van der Waals surface area contributed by atoms with Gasteiger partial charge in [0, 0.05) is 30.2 Å². The molecule has 0 spiro atoms. The van der Waals surface area contributed by atoms with Crippen LogP contribution in [0.15, 0.2) is 28.6 Å². The van der Waals surface area contributed by atoms with Crippen LogP contribution in [0.2, 0.25) is 0 Å². The Kier molecular flexibility index (Phi) is 4.94. The molecule has 0 aromatic carbocycles. The normalized spacial score (nSPS) is 11.6. The van der Waals surface area contributed by atoms with E-state index in [9.17, 15) is 8.42 Å². The summed E-state index contributed by atoms with van der Waals surface area (Å²) in [4.78, 5) is 4.99. The second kappa shape index (κ2) is 6.52. The number of ether oxygens (including phenoxy) is 1. The topological polar surface area (TPSA) is 94.3 Å². The first-order valence-electron chi connectivity index (χ1n) is 6.23. The lowest BCUT2D eigenvalue weighted by Gasteiger charge is -2.08. The average Bonchev–Trinajstić information content (AvgIpc) is 2.87. The molecule has 0 saturated heterocycles.